The molecule has 8 heteroatoms. The molecule has 3 aromatic rings. The number of fused-ring (bicyclic) bond motifs is 2. The number of aromatic amines is 1. The summed E-state index contributed by atoms with van der Waals surface area (Å²) in [5, 5.41) is 6.44. The van der Waals surface area contributed by atoms with E-state index in [1.54, 1.807) is 13.1 Å². The molecule has 3 heterocycles. The van der Waals surface area contributed by atoms with E-state index in [1.165, 1.54) is 16.7 Å². The van der Waals surface area contributed by atoms with Gasteiger partial charge in [-0.05, 0) is 44.9 Å². The highest BCUT2D eigenvalue weighted by Crippen LogP contribution is 2.38. The Morgan fingerprint density at radius 3 is 2.75 bits per heavy atom. The zero-order chi connectivity index (χ0) is 19.8. The van der Waals surface area contributed by atoms with Gasteiger partial charge in [0.25, 0.3) is 11.5 Å². The van der Waals surface area contributed by atoms with Crippen molar-refractivity contribution in [1.29, 1.82) is 0 Å². The maximum Gasteiger partial charge on any atom is 0.262 e. The predicted octanol–water partition coefficient (Wildman–Crippen LogP) is 2.84. The molecule has 144 valence electrons. The van der Waals surface area contributed by atoms with Crippen LogP contribution in [0.1, 0.15) is 48.8 Å². The number of nitrogens with zero attached hydrogens (tertiary/aromatic N) is 2. The average Bonchev–Trinajstić information content (AvgIpc) is 3.10. The zero-order valence-corrected chi connectivity index (χ0v) is 15.8. The van der Waals surface area contributed by atoms with E-state index in [0.29, 0.717) is 28.3 Å². The summed E-state index contributed by atoms with van der Waals surface area (Å²) < 4.78 is 16.3. The third-order valence-electron chi connectivity index (χ3n) is 5.75. The number of carbonyl (C=O) groups is 1. The van der Waals surface area contributed by atoms with Gasteiger partial charge in [-0.3, -0.25) is 14.2 Å². The fraction of sp³-hybridized carbons (Fsp3) is 0.350. The minimum atomic E-state index is -0.496. The maximum atomic E-state index is 14.9. The third-order valence-corrected chi connectivity index (χ3v) is 5.75. The Morgan fingerprint density at radius 1 is 1.32 bits per heavy atom. The highest BCUT2D eigenvalue weighted by Gasteiger charge is 2.38. The van der Waals surface area contributed by atoms with Gasteiger partial charge in [-0.2, -0.15) is 0 Å². The van der Waals surface area contributed by atoms with Gasteiger partial charge in [-0.25, -0.2) is 9.37 Å². The zero-order valence-electron chi connectivity index (χ0n) is 15.8. The van der Waals surface area contributed by atoms with Crippen molar-refractivity contribution in [3.8, 4) is 11.3 Å². The van der Waals surface area contributed by atoms with Crippen molar-refractivity contribution in [2.75, 3.05) is 5.32 Å². The maximum absolute atomic E-state index is 14.9. The second kappa shape index (κ2) is 5.43. The molecule has 1 fully saturated rings. The van der Waals surface area contributed by atoms with E-state index in [9.17, 15) is 14.0 Å². The molecule has 1 aliphatic heterocycles. The van der Waals surface area contributed by atoms with Crippen molar-refractivity contribution in [2.24, 2.45) is 7.05 Å². The SMILES string of the molecule is CC1NC(=O)c2cc(-c3c(F)ccc4c(=O)n(C)c(NC5(C)CC5)nc34)[nH]c21. The summed E-state index contributed by atoms with van der Waals surface area (Å²) in [5.74, 6) is -0.280. The number of anilines is 1. The Hall–Kier alpha value is -3.16. The molecule has 0 spiro atoms. The Kier molecular flexibility index (Phi) is 3.29. The van der Waals surface area contributed by atoms with Crippen LogP contribution in [0.15, 0.2) is 23.0 Å². The quantitative estimate of drug-likeness (QED) is 0.651. The minimum Gasteiger partial charge on any atom is -0.356 e. The van der Waals surface area contributed by atoms with Crippen molar-refractivity contribution in [2.45, 2.75) is 38.3 Å². The van der Waals surface area contributed by atoms with Crippen molar-refractivity contribution in [1.82, 2.24) is 19.9 Å². The van der Waals surface area contributed by atoms with Crippen LogP contribution in [0.3, 0.4) is 0 Å². The van der Waals surface area contributed by atoms with Gasteiger partial charge in [0, 0.05) is 12.6 Å². The van der Waals surface area contributed by atoms with Gasteiger partial charge in [-0.15, -0.1) is 0 Å². The van der Waals surface area contributed by atoms with Crippen LogP contribution in [0.25, 0.3) is 22.2 Å². The molecule has 0 saturated heterocycles. The average molecular weight is 381 g/mol. The molecule has 0 bridgehead atoms. The van der Waals surface area contributed by atoms with E-state index in [-0.39, 0.29) is 34.1 Å². The Balaban J connectivity index is 1.76. The van der Waals surface area contributed by atoms with Gasteiger partial charge in [-0.1, -0.05) is 0 Å². The van der Waals surface area contributed by atoms with Crippen molar-refractivity contribution in [3.05, 3.63) is 45.6 Å². The van der Waals surface area contributed by atoms with Crippen LogP contribution in [-0.2, 0) is 7.05 Å². The van der Waals surface area contributed by atoms with Crippen molar-refractivity contribution >= 4 is 22.8 Å². The first-order valence-electron chi connectivity index (χ1n) is 9.29. The molecular weight excluding hydrogens is 361 g/mol. The van der Waals surface area contributed by atoms with Crippen LogP contribution >= 0.6 is 0 Å². The lowest BCUT2D eigenvalue weighted by Gasteiger charge is -2.17. The first kappa shape index (κ1) is 17.0. The monoisotopic (exact) mass is 381 g/mol. The van der Waals surface area contributed by atoms with Crippen molar-refractivity contribution < 1.29 is 9.18 Å². The first-order chi connectivity index (χ1) is 13.3. The number of amides is 1. The van der Waals surface area contributed by atoms with E-state index in [0.717, 1.165) is 12.8 Å². The summed E-state index contributed by atoms with van der Waals surface area (Å²) in [7, 11) is 1.65. The lowest BCUT2D eigenvalue weighted by molar-refractivity contribution is 0.0958. The Morgan fingerprint density at radius 2 is 2.07 bits per heavy atom. The van der Waals surface area contributed by atoms with Crippen LogP contribution < -0.4 is 16.2 Å². The molecule has 1 aliphatic carbocycles. The normalized spacial score (nSPS) is 19.6. The van der Waals surface area contributed by atoms with E-state index in [4.69, 9.17) is 0 Å². The molecule has 2 aromatic heterocycles. The van der Waals surface area contributed by atoms with Crippen LogP contribution in [0, 0.1) is 5.82 Å². The molecule has 1 amide bonds. The first-order valence-corrected chi connectivity index (χ1v) is 9.29. The van der Waals surface area contributed by atoms with Crippen LogP contribution in [0.2, 0.25) is 0 Å². The number of H-pyrrole nitrogens is 1. The number of rotatable bonds is 3. The van der Waals surface area contributed by atoms with E-state index in [1.807, 2.05) is 6.92 Å². The number of hydrogen-bond donors (Lipinski definition) is 3. The van der Waals surface area contributed by atoms with Crippen molar-refractivity contribution in [3.63, 3.8) is 0 Å². The molecule has 1 aromatic carbocycles. The predicted molar refractivity (Wildman–Crippen MR) is 104 cm³/mol. The number of halogens is 1. The molecule has 5 rings (SSSR count). The second-order valence-corrected chi connectivity index (χ2v) is 8.01. The number of carbonyl (C=O) groups excluding carboxylic acids is 1. The molecule has 1 atom stereocenters. The lowest BCUT2D eigenvalue weighted by atomic mass is 10.1. The van der Waals surface area contributed by atoms with Gasteiger partial charge in [0.15, 0.2) is 0 Å². The second-order valence-electron chi connectivity index (χ2n) is 8.01. The standard InChI is InChI=1S/C20H20FN5O2/c1-9-15-11(17(27)22-9)8-13(23-15)14-12(21)5-4-10-16(14)24-19(26(3)18(10)28)25-20(2)6-7-20/h4-5,8-9,23H,6-7H2,1-3H3,(H,22,27)(H,24,25). The van der Waals surface area contributed by atoms with E-state index in [2.05, 4.69) is 27.5 Å². The lowest BCUT2D eigenvalue weighted by Crippen LogP contribution is -2.27. The summed E-state index contributed by atoms with van der Waals surface area (Å²) in [6, 6.07) is 4.17. The third kappa shape index (κ3) is 2.37. The van der Waals surface area contributed by atoms with Gasteiger partial charge in [0.2, 0.25) is 5.95 Å². The molecule has 28 heavy (non-hydrogen) atoms. The summed E-state index contributed by atoms with van der Waals surface area (Å²) in [6.45, 7) is 3.92. The van der Waals surface area contributed by atoms with Crippen LogP contribution in [0.4, 0.5) is 10.3 Å². The van der Waals surface area contributed by atoms with E-state index >= 15 is 0 Å². The highest BCUT2D eigenvalue weighted by molar-refractivity contribution is 6.01. The Labute approximate surface area is 160 Å². The van der Waals surface area contributed by atoms with Crippen LogP contribution in [0.5, 0.6) is 0 Å². The minimum absolute atomic E-state index is 0.0838. The van der Waals surface area contributed by atoms with Crippen LogP contribution in [-0.4, -0.2) is 26.0 Å². The number of aromatic nitrogens is 3. The summed E-state index contributed by atoms with van der Waals surface area (Å²) in [6.07, 6.45) is 1.99. The van der Waals surface area contributed by atoms with Gasteiger partial charge in [0.05, 0.1) is 39.5 Å². The fourth-order valence-corrected chi connectivity index (χ4v) is 3.74. The molecular formula is C20H20FN5O2. The molecule has 7 nitrogen and oxygen atoms in total. The van der Waals surface area contributed by atoms with Gasteiger partial charge in [0.1, 0.15) is 5.82 Å². The van der Waals surface area contributed by atoms with E-state index < -0.39 is 5.82 Å². The molecule has 0 radical (unpaired) electrons. The smallest absolute Gasteiger partial charge is 0.262 e. The summed E-state index contributed by atoms with van der Waals surface area (Å²) in [5.41, 5.74) is 1.80. The fourth-order valence-electron chi connectivity index (χ4n) is 3.74. The highest BCUT2D eigenvalue weighted by atomic mass is 19.1. The van der Waals surface area contributed by atoms with Gasteiger partial charge < -0.3 is 15.6 Å². The molecule has 1 unspecified atom stereocenters. The molecule has 1 saturated carbocycles. The number of nitrogens with one attached hydrogen (secondary N) is 3. The number of hydrogen-bond acceptors (Lipinski definition) is 4. The topological polar surface area (TPSA) is 91.8 Å². The Bertz CT molecular complexity index is 1220. The summed E-state index contributed by atoms with van der Waals surface area (Å²) in [4.78, 5) is 32.7. The van der Waals surface area contributed by atoms with Gasteiger partial charge >= 0.3 is 0 Å². The largest absolute Gasteiger partial charge is 0.356 e. The molecule has 3 N–H and O–H groups in total. The molecule has 2 aliphatic rings. The number of benzene rings is 1. The summed E-state index contributed by atoms with van der Waals surface area (Å²) >= 11 is 0.